The lowest BCUT2D eigenvalue weighted by Crippen LogP contribution is -2.30. The number of rotatable bonds is 8. The second kappa shape index (κ2) is 9.77. The van der Waals surface area contributed by atoms with E-state index in [4.69, 9.17) is 9.97 Å². The van der Waals surface area contributed by atoms with Crippen LogP contribution in [0.25, 0.3) is 16.9 Å². The van der Waals surface area contributed by atoms with E-state index >= 15 is 0 Å². The van der Waals surface area contributed by atoms with Crippen LogP contribution in [-0.4, -0.2) is 43.7 Å². The number of anilines is 2. The maximum atomic E-state index is 4.80. The van der Waals surface area contributed by atoms with E-state index < -0.39 is 0 Å². The molecule has 2 atom stereocenters. The van der Waals surface area contributed by atoms with Gasteiger partial charge in [-0.15, -0.1) is 0 Å². The summed E-state index contributed by atoms with van der Waals surface area (Å²) in [6, 6.07) is 14.8. The summed E-state index contributed by atoms with van der Waals surface area (Å²) < 4.78 is 1.80. The molecule has 34 heavy (non-hydrogen) atoms. The van der Waals surface area contributed by atoms with Crippen LogP contribution < -0.4 is 16.0 Å². The van der Waals surface area contributed by atoms with Crippen LogP contribution in [-0.2, 0) is 6.54 Å². The number of hydrogen-bond donors (Lipinski definition) is 3. The van der Waals surface area contributed by atoms with Crippen LogP contribution in [0.3, 0.4) is 0 Å². The minimum atomic E-state index is 0.324. The maximum Gasteiger partial charge on any atom is 0.229 e. The van der Waals surface area contributed by atoms with E-state index in [1.54, 1.807) is 4.52 Å². The predicted molar refractivity (Wildman–Crippen MR) is 136 cm³/mol. The molecule has 1 aromatic carbocycles. The van der Waals surface area contributed by atoms with Crippen molar-refractivity contribution >= 4 is 17.5 Å². The van der Waals surface area contributed by atoms with Crippen molar-refractivity contribution < 1.29 is 0 Å². The Labute approximate surface area is 200 Å². The van der Waals surface area contributed by atoms with Gasteiger partial charge in [0.25, 0.3) is 0 Å². The molecule has 3 aromatic heterocycles. The SMILES string of the molecule is CC(C)c1cnn2c(NCc3ccc(-c4ccccn4)cc3)nc(NC[C@@H]3C[C@@H](C)CN3)nc12. The molecule has 8 nitrogen and oxygen atoms in total. The van der Waals surface area contributed by atoms with Crippen LogP contribution in [0.1, 0.15) is 44.2 Å². The molecule has 5 rings (SSSR count). The zero-order chi connectivity index (χ0) is 23.5. The third-order valence-electron chi connectivity index (χ3n) is 6.33. The molecule has 8 heteroatoms. The molecule has 0 spiro atoms. The van der Waals surface area contributed by atoms with Crippen LogP contribution in [0.2, 0.25) is 0 Å². The monoisotopic (exact) mass is 456 g/mol. The minimum absolute atomic E-state index is 0.324. The largest absolute Gasteiger partial charge is 0.352 e. The van der Waals surface area contributed by atoms with Gasteiger partial charge < -0.3 is 16.0 Å². The first-order valence-electron chi connectivity index (χ1n) is 12.0. The molecule has 0 bridgehead atoms. The topological polar surface area (TPSA) is 92.1 Å². The van der Waals surface area contributed by atoms with E-state index in [0.717, 1.165) is 41.1 Å². The lowest BCUT2D eigenvalue weighted by molar-refractivity contribution is 0.602. The highest BCUT2D eigenvalue weighted by Crippen LogP contribution is 2.23. The maximum absolute atomic E-state index is 4.80. The fourth-order valence-corrected chi connectivity index (χ4v) is 4.39. The summed E-state index contributed by atoms with van der Waals surface area (Å²) in [5, 5.41) is 15.1. The van der Waals surface area contributed by atoms with Crippen molar-refractivity contribution in [3.05, 3.63) is 66.0 Å². The predicted octanol–water partition coefficient (Wildman–Crippen LogP) is 4.33. The molecule has 1 saturated heterocycles. The number of nitrogens with one attached hydrogen (secondary N) is 3. The standard InChI is InChI=1S/C26H32N8/c1-17(2)22-16-31-34-24(22)32-25(29-15-21-12-18(3)13-28-21)33-26(34)30-14-19-7-9-20(10-8-19)23-6-4-5-11-27-23/h4-11,16-18,21,28H,12-15H2,1-3H3,(H2,29,30,32,33)/t18-,21+/m1/s1. The first-order valence-corrected chi connectivity index (χ1v) is 12.0. The van der Waals surface area contributed by atoms with E-state index in [-0.39, 0.29) is 0 Å². The van der Waals surface area contributed by atoms with Gasteiger partial charge in [0.15, 0.2) is 5.65 Å². The normalized spacial score (nSPS) is 18.0. The first kappa shape index (κ1) is 22.3. The van der Waals surface area contributed by atoms with Crippen LogP contribution >= 0.6 is 0 Å². The molecule has 0 saturated carbocycles. The molecule has 4 aromatic rings. The van der Waals surface area contributed by atoms with Gasteiger partial charge in [-0.05, 0) is 42.5 Å². The van der Waals surface area contributed by atoms with Crippen LogP contribution in [0.15, 0.2) is 54.9 Å². The van der Waals surface area contributed by atoms with Gasteiger partial charge in [-0.1, -0.05) is 51.1 Å². The van der Waals surface area contributed by atoms with Crippen molar-refractivity contribution in [3.63, 3.8) is 0 Å². The Morgan fingerprint density at radius 1 is 1.09 bits per heavy atom. The molecule has 0 radical (unpaired) electrons. The van der Waals surface area contributed by atoms with E-state index in [2.05, 4.69) is 71.1 Å². The molecule has 0 aliphatic carbocycles. The van der Waals surface area contributed by atoms with Crippen molar-refractivity contribution in [3.8, 4) is 11.3 Å². The van der Waals surface area contributed by atoms with Gasteiger partial charge in [0.2, 0.25) is 11.9 Å². The van der Waals surface area contributed by atoms with E-state index in [0.29, 0.717) is 36.3 Å². The number of nitrogens with zero attached hydrogens (tertiary/aromatic N) is 5. The minimum Gasteiger partial charge on any atom is -0.352 e. The second-order valence-electron chi connectivity index (χ2n) is 9.45. The Balaban J connectivity index is 1.35. The molecule has 0 amide bonds. The lowest BCUT2D eigenvalue weighted by Gasteiger charge is -2.14. The Bertz CT molecular complexity index is 1230. The Morgan fingerprint density at radius 3 is 2.65 bits per heavy atom. The van der Waals surface area contributed by atoms with Crippen molar-refractivity contribution in [2.45, 2.75) is 45.7 Å². The number of aromatic nitrogens is 5. The van der Waals surface area contributed by atoms with Crippen LogP contribution in [0, 0.1) is 5.92 Å². The van der Waals surface area contributed by atoms with Crippen LogP contribution in [0.4, 0.5) is 11.9 Å². The molecule has 0 unspecified atom stereocenters. The summed E-state index contributed by atoms with van der Waals surface area (Å²) in [6.45, 7) is 9.10. The van der Waals surface area contributed by atoms with Crippen molar-refractivity contribution in [1.29, 1.82) is 0 Å². The number of fused-ring (bicyclic) bond motifs is 1. The first-order chi connectivity index (χ1) is 16.6. The van der Waals surface area contributed by atoms with Crippen molar-refractivity contribution in [2.75, 3.05) is 23.7 Å². The zero-order valence-electron chi connectivity index (χ0n) is 20.0. The molecule has 176 valence electrons. The third kappa shape index (κ3) is 4.87. The zero-order valence-corrected chi connectivity index (χ0v) is 20.0. The molecule has 1 fully saturated rings. The number of hydrogen-bond acceptors (Lipinski definition) is 7. The third-order valence-corrected chi connectivity index (χ3v) is 6.33. The molecule has 1 aliphatic rings. The Hall–Kier alpha value is -3.52. The average molecular weight is 457 g/mol. The van der Waals surface area contributed by atoms with E-state index in [9.17, 15) is 0 Å². The van der Waals surface area contributed by atoms with Crippen LogP contribution in [0.5, 0.6) is 0 Å². The van der Waals surface area contributed by atoms with Gasteiger partial charge in [-0.25, -0.2) is 0 Å². The summed E-state index contributed by atoms with van der Waals surface area (Å²) >= 11 is 0. The fourth-order valence-electron chi connectivity index (χ4n) is 4.39. The summed E-state index contributed by atoms with van der Waals surface area (Å²) in [5.74, 6) is 2.34. The number of benzene rings is 1. The summed E-state index contributed by atoms with van der Waals surface area (Å²) in [5.41, 5.74) is 5.18. The summed E-state index contributed by atoms with van der Waals surface area (Å²) in [6.07, 6.45) is 4.87. The smallest absolute Gasteiger partial charge is 0.229 e. The molecular formula is C26H32N8. The fraction of sp³-hybridized carbons (Fsp3) is 0.385. The van der Waals surface area contributed by atoms with E-state index in [1.165, 1.54) is 6.42 Å². The van der Waals surface area contributed by atoms with Crippen molar-refractivity contribution in [2.24, 2.45) is 5.92 Å². The van der Waals surface area contributed by atoms with E-state index in [1.807, 2.05) is 30.6 Å². The van der Waals surface area contributed by atoms with Gasteiger partial charge in [0.05, 0.1) is 11.9 Å². The number of pyridine rings is 1. The van der Waals surface area contributed by atoms with Gasteiger partial charge in [-0.2, -0.15) is 19.6 Å². The Morgan fingerprint density at radius 2 is 1.94 bits per heavy atom. The lowest BCUT2D eigenvalue weighted by atomic mass is 10.1. The van der Waals surface area contributed by atoms with Gasteiger partial charge in [0.1, 0.15) is 0 Å². The van der Waals surface area contributed by atoms with Gasteiger partial charge >= 0.3 is 0 Å². The average Bonchev–Trinajstić information content (AvgIpc) is 3.48. The molecular weight excluding hydrogens is 424 g/mol. The van der Waals surface area contributed by atoms with Gasteiger partial charge in [0, 0.05) is 36.5 Å². The molecule has 4 heterocycles. The summed E-state index contributed by atoms with van der Waals surface area (Å²) in [4.78, 5) is 14.0. The quantitative estimate of drug-likeness (QED) is 0.363. The highest BCUT2D eigenvalue weighted by molar-refractivity contribution is 5.59. The highest BCUT2D eigenvalue weighted by Gasteiger charge is 2.21. The highest BCUT2D eigenvalue weighted by atomic mass is 15.4. The Kier molecular flexibility index (Phi) is 6.40. The molecule has 1 aliphatic heterocycles. The van der Waals surface area contributed by atoms with Crippen molar-refractivity contribution in [1.82, 2.24) is 29.9 Å². The molecule has 3 N–H and O–H groups in total. The van der Waals surface area contributed by atoms with Gasteiger partial charge in [-0.3, -0.25) is 4.98 Å². The summed E-state index contributed by atoms with van der Waals surface area (Å²) in [7, 11) is 0. The second-order valence-corrected chi connectivity index (χ2v) is 9.45.